The molecule has 2 aromatic heterocycles. The maximum atomic E-state index is 14.0. The van der Waals surface area contributed by atoms with E-state index in [2.05, 4.69) is 123 Å². The second kappa shape index (κ2) is 51.4. The van der Waals surface area contributed by atoms with Gasteiger partial charge in [-0.05, 0) is 127 Å². The van der Waals surface area contributed by atoms with Crippen LogP contribution in [0.25, 0.3) is 11.0 Å². The molecule has 1 saturated heterocycles. The summed E-state index contributed by atoms with van der Waals surface area (Å²) in [7, 11) is -19.1. The highest BCUT2D eigenvalue weighted by Gasteiger charge is 2.47. The molecule has 54 heteroatoms. The number of ether oxygens (including phenoxy) is 1. The highest BCUT2D eigenvalue weighted by atomic mass is 33.1. The Kier molecular flexibility index (Phi) is 42.7. The number of aromatic nitrogens is 3. The zero-order chi connectivity index (χ0) is 96.6. The number of phosphoric acid groups is 3. The van der Waals surface area contributed by atoms with Gasteiger partial charge in [0.2, 0.25) is 41.1 Å². The lowest BCUT2D eigenvalue weighted by atomic mass is 9.81. The molecule has 131 heavy (non-hydrogen) atoms. The average molecular weight is 1970 g/mol. The summed E-state index contributed by atoms with van der Waals surface area (Å²) >= 11 is 0.881. The fourth-order valence-electron chi connectivity index (χ4n) is 13.9. The van der Waals surface area contributed by atoms with Gasteiger partial charge < -0.3 is 100 Å². The van der Waals surface area contributed by atoms with E-state index in [1.54, 1.807) is 6.07 Å². The molecule has 9 atom stereocenters. The third kappa shape index (κ3) is 34.7. The molecule has 47 nitrogen and oxygen atoms in total. The molecule has 722 valence electrons. The first-order valence-electron chi connectivity index (χ1n) is 41.3. The minimum atomic E-state index is -5.83. The number of hydrogen-bond acceptors (Lipinski definition) is 33. The number of carbonyl (C=O) groups excluding carboxylic acids is 6. The number of aliphatic carboxylic acids is 1. The van der Waals surface area contributed by atoms with Gasteiger partial charge in [-0.3, -0.25) is 73.6 Å². The van der Waals surface area contributed by atoms with Crippen molar-refractivity contribution in [2.45, 2.75) is 201 Å². The maximum absolute atomic E-state index is 14.0. The molecule has 3 aliphatic rings. The van der Waals surface area contributed by atoms with E-state index in [1.165, 1.54) is 44.5 Å². The predicted molar refractivity (Wildman–Crippen MR) is 489 cm³/mol. The molecular formula is C77H115N21O26P3S4+. The van der Waals surface area contributed by atoms with Crippen molar-refractivity contribution in [1.82, 2.24) is 46.4 Å². The van der Waals surface area contributed by atoms with Gasteiger partial charge in [-0.25, -0.2) is 28.9 Å². The fourth-order valence-corrected chi connectivity index (χ4v) is 20.0. The Labute approximate surface area is 767 Å². The number of fused-ring (bicyclic) bond motifs is 3. The van der Waals surface area contributed by atoms with Gasteiger partial charge in [0, 0.05) is 122 Å². The zero-order valence-electron chi connectivity index (χ0n) is 72.5. The second-order valence-corrected chi connectivity index (χ2v) is 40.2. The highest BCUT2D eigenvalue weighted by Crippen LogP contribution is 2.66. The summed E-state index contributed by atoms with van der Waals surface area (Å²) in [5.41, 5.74) is 46.0. The number of carbonyl (C=O) groups is 7. The van der Waals surface area contributed by atoms with Crippen molar-refractivity contribution < 1.29 is 127 Å². The van der Waals surface area contributed by atoms with Crippen molar-refractivity contribution in [3.8, 4) is 11.8 Å². The number of likely N-dealkylation sites (N-methyl/N-ethyl adjacent to an activating group) is 1. The molecule has 5 heterocycles. The molecule has 28 N–H and O–H groups in total. The van der Waals surface area contributed by atoms with Crippen LogP contribution in [0.3, 0.4) is 0 Å². The van der Waals surface area contributed by atoms with Crippen LogP contribution >= 0.6 is 57.1 Å². The number of aliphatic hydroxyl groups excluding tert-OH is 1. The molecular weight excluding hydrogens is 1860 g/mol. The molecule has 7 rings (SSSR count). The number of rotatable bonds is 52. The van der Waals surface area contributed by atoms with Gasteiger partial charge in [0.1, 0.15) is 48.8 Å². The van der Waals surface area contributed by atoms with Gasteiger partial charge in [-0.15, -0.1) is 4.33 Å². The summed E-state index contributed by atoms with van der Waals surface area (Å²) in [6.07, 6.45) is 12.9. The van der Waals surface area contributed by atoms with Crippen molar-refractivity contribution in [3.05, 3.63) is 102 Å². The zero-order valence-corrected chi connectivity index (χ0v) is 78.4. The van der Waals surface area contributed by atoms with Crippen molar-refractivity contribution in [2.24, 2.45) is 49.4 Å². The Morgan fingerprint density at radius 3 is 2.00 bits per heavy atom. The summed E-state index contributed by atoms with van der Waals surface area (Å²) < 4.78 is 96.5. The molecule has 0 spiro atoms. The predicted octanol–water partition coefficient (Wildman–Crippen LogP) is 3.23. The van der Waals surface area contributed by atoms with Crippen molar-refractivity contribution >= 4 is 160 Å². The molecule has 0 aliphatic carbocycles. The number of nitrogen functional groups attached to an aromatic ring is 1. The summed E-state index contributed by atoms with van der Waals surface area (Å²) in [5, 5.41) is 48.3. The van der Waals surface area contributed by atoms with E-state index in [-0.39, 0.29) is 140 Å². The molecule has 3 aliphatic heterocycles. The van der Waals surface area contributed by atoms with Crippen LogP contribution in [0.2, 0.25) is 0 Å². The van der Waals surface area contributed by atoms with Crippen LogP contribution in [0.1, 0.15) is 160 Å². The standard InChI is InChI=1S/C77H114N21O26P3S4/c1-6-96-56-30-28-48(130-122-121-108)40-50(56)76(2,3)60(96)24-10-7-11-25-61-77(4,5)51-41-49(131(116,117)118)29-31-57(51)97(61)38-15-9-13-26-63(101)92-55(45-129-128-39-32-62(100)85-34-16-20-47-43-98(68-66(47)67(81)90-46-91-68)65-42-58(99)59(120-65)44-119-126(112,113)124-127(114,115)123-125(109,110)111)71(105)86-33-14-8-12-27-64(102)93-73(82)87-35-17-21-52(78)69(103)94-74(83)88-36-18-22-53(79)70(104)95-75(84)89-37-19-23-54(80)72(106)107/h7,10-11,24-25,28-31,40-41,43,46,52-55,58-59,65,99H,6,8-9,12-15,17-19,21-23,26-27,32-39,42,44-45,78-80H2,1-5H3,(H20-,81,82,83,84,85,86,87,88,89,90,91,92,93,94,95,100,101,102,103,104,105,106,107,108,109,110,111,112,113,114,115,116,117,118)/p+1. The number of hydrogen-bond donors (Lipinski definition) is 21. The fraction of sp³-hybridized carbons (Fsp3) is 0.519. The molecule has 0 bridgehead atoms. The lowest BCUT2D eigenvalue weighted by molar-refractivity contribution is -0.438. The topological polar surface area (TPSA) is 750 Å². The van der Waals surface area contributed by atoms with E-state index in [4.69, 9.17) is 69.4 Å². The number of nitrogens with zero attached hydrogens (tertiary/aromatic N) is 8. The quantitative estimate of drug-likeness (QED) is 0.00245. The van der Waals surface area contributed by atoms with Gasteiger partial charge in [-0.2, -0.15) is 21.6 Å². The number of anilines is 2. The molecule has 2 aromatic carbocycles. The van der Waals surface area contributed by atoms with Gasteiger partial charge in [0.25, 0.3) is 10.1 Å². The monoisotopic (exact) mass is 1970 g/mol. The Hall–Kier alpha value is -9.14. The minimum absolute atomic E-state index is 0.000969. The van der Waals surface area contributed by atoms with Gasteiger partial charge in [0.15, 0.2) is 23.6 Å². The van der Waals surface area contributed by atoms with E-state index in [1.807, 2.05) is 56.4 Å². The number of allylic oxidation sites excluding steroid dienone is 6. The van der Waals surface area contributed by atoms with E-state index in [0.29, 0.717) is 76.4 Å². The van der Waals surface area contributed by atoms with Crippen LogP contribution in [-0.4, -0.2) is 232 Å². The molecule has 0 saturated carbocycles. The number of unbranched alkanes of at least 4 members (excludes halogenated alkanes) is 4. The molecule has 0 radical (unpaired) electrons. The van der Waals surface area contributed by atoms with Crippen molar-refractivity contribution in [1.29, 1.82) is 0 Å². The number of amides is 6. The van der Waals surface area contributed by atoms with E-state index in [0.717, 1.165) is 51.6 Å². The highest BCUT2D eigenvalue weighted by molar-refractivity contribution is 8.76. The molecule has 4 aromatic rings. The van der Waals surface area contributed by atoms with E-state index >= 15 is 0 Å². The Morgan fingerprint density at radius 2 is 1.37 bits per heavy atom. The second-order valence-electron chi connectivity index (χ2n) is 31.0. The lowest BCUT2D eigenvalue weighted by Crippen LogP contribution is -2.48. The summed E-state index contributed by atoms with van der Waals surface area (Å²) in [5.74, 6) is 1.53. The number of benzene rings is 2. The number of aliphatic imine (C=N–C) groups is 3. The van der Waals surface area contributed by atoms with Gasteiger partial charge in [0.05, 0.1) is 64.6 Å². The average Bonchev–Trinajstić information content (AvgIpc) is 1.59. The summed E-state index contributed by atoms with van der Waals surface area (Å²) in [6, 6.07) is 6.32. The maximum Gasteiger partial charge on any atom is 0.490 e. The summed E-state index contributed by atoms with van der Waals surface area (Å²) in [6.45, 7) is 10.9. The molecule has 6 amide bonds. The Bertz CT molecular complexity index is 5280. The minimum Gasteiger partial charge on any atom is -0.480 e. The Balaban J connectivity index is 0.901. The number of aliphatic hydroxyl groups is 1. The van der Waals surface area contributed by atoms with Crippen LogP contribution in [0.5, 0.6) is 0 Å². The van der Waals surface area contributed by atoms with Crippen molar-refractivity contribution in [3.63, 3.8) is 0 Å². The van der Waals surface area contributed by atoms with Crippen LogP contribution in [0.4, 0.5) is 17.2 Å². The van der Waals surface area contributed by atoms with Crippen molar-refractivity contribution in [2.75, 3.05) is 74.6 Å². The number of phosphoric ester groups is 1. The summed E-state index contributed by atoms with van der Waals surface area (Å²) in [4.78, 5) is 150. The van der Waals surface area contributed by atoms with Crippen LogP contribution < -0.4 is 76.9 Å². The first-order chi connectivity index (χ1) is 61.8. The number of carboxylic acid groups (broad SMARTS) is 1. The van der Waals surface area contributed by atoms with Crippen LogP contribution in [-0.2, 0) is 95.5 Å². The first kappa shape index (κ1) is 109. The molecule has 1 fully saturated rings. The number of guanidine groups is 3. The number of nitrogens with two attached hydrogens (primary N) is 7. The van der Waals surface area contributed by atoms with E-state index in [9.17, 15) is 75.1 Å². The smallest absolute Gasteiger partial charge is 0.480 e. The van der Waals surface area contributed by atoms with Gasteiger partial charge in [-0.1, -0.05) is 77.0 Å². The van der Waals surface area contributed by atoms with Crippen LogP contribution in [0, 0.1) is 11.8 Å². The number of nitrogens with one attached hydrogen (secondary N) is 6. The normalized spacial score (nSPS) is 18.5. The SMILES string of the molecule is CCN1/C(=C/C=C/C=C/C2=[N+](CCCCCC(=O)NC(CSSCCC(=O)NCC#Cc3cn(C4CC(O)C(COP(=O)(O)OP(=O)(O)OP(=O)(O)O)O4)c4ncnc(N)c34)C(=O)NCCCCCC(=O)NC(N)=NCCCC(N)C(=O)NC(N)=NCCCC(N)C(=O)NC(N)=NCCCC(N)C(=O)O)c3ccc(S(=O)(=O)O)cc3C2(C)C)C(C)(C)c2cc(SOOO)ccc21. The molecule has 9 unspecified atom stereocenters. The first-order valence-corrected chi connectivity index (χ1v) is 50.4. The Morgan fingerprint density at radius 1 is 0.740 bits per heavy atom. The van der Waals surface area contributed by atoms with Crippen LogP contribution in [0.15, 0.2) is 110 Å². The number of carboxylic acids is 1. The third-order valence-corrected chi connectivity index (χ3v) is 28.1. The largest absolute Gasteiger partial charge is 0.490 e. The lowest BCUT2D eigenvalue weighted by Gasteiger charge is -2.25. The van der Waals surface area contributed by atoms with Gasteiger partial charge >= 0.3 is 29.4 Å². The van der Waals surface area contributed by atoms with E-state index < -0.39 is 129 Å². The third-order valence-electron chi connectivity index (χ3n) is 20.5.